The van der Waals surface area contributed by atoms with Gasteiger partial charge in [0.15, 0.2) is 6.04 Å². The molecule has 74 valence electrons. The molecule has 1 heterocycles. The second kappa shape index (κ2) is 4.50. The first kappa shape index (κ1) is 10.4. The van der Waals surface area contributed by atoms with E-state index in [4.69, 9.17) is 5.11 Å². The van der Waals surface area contributed by atoms with Crippen LogP contribution in [0.3, 0.4) is 0 Å². The third kappa shape index (κ3) is 2.62. The minimum Gasteiger partial charge on any atom is -0.480 e. The number of rotatable bonds is 3. The van der Waals surface area contributed by atoms with E-state index in [0.717, 1.165) is 25.2 Å². The molecule has 1 N–H and O–H groups in total. The Kier molecular flexibility index (Phi) is 3.59. The molecule has 4 nitrogen and oxygen atoms in total. The predicted molar refractivity (Wildman–Crippen MR) is 54.6 cm³/mol. The summed E-state index contributed by atoms with van der Waals surface area (Å²) < 4.78 is 0. The van der Waals surface area contributed by atoms with Crippen molar-refractivity contribution in [1.29, 1.82) is 0 Å². The molecule has 1 rings (SSSR count). The molecule has 0 aromatic heterocycles. The van der Waals surface area contributed by atoms with Gasteiger partial charge in [0.05, 0.1) is 5.84 Å². The molecule has 0 aromatic rings. The molecule has 0 saturated carbocycles. The van der Waals surface area contributed by atoms with Gasteiger partial charge in [-0.1, -0.05) is 0 Å². The zero-order valence-electron chi connectivity index (χ0n) is 7.60. The molecular weight excluding hydrogens is 188 g/mol. The Balaban J connectivity index is 2.66. The Bertz CT molecular complexity index is 230. The first-order chi connectivity index (χ1) is 6.15. The topological polar surface area (TPSA) is 52.9 Å². The van der Waals surface area contributed by atoms with Crippen molar-refractivity contribution in [3.8, 4) is 0 Å². The second-order valence-corrected chi connectivity index (χ2v) is 3.47. The van der Waals surface area contributed by atoms with Crippen molar-refractivity contribution in [3.63, 3.8) is 0 Å². The molecule has 0 aliphatic carbocycles. The number of nitrogens with zero attached hydrogens (tertiary/aromatic N) is 2. The fourth-order valence-corrected chi connectivity index (χ4v) is 1.55. The Morgan fingerprint density at radius 3 is 2.92 bits per heavy atom. The Morgan fingerprint density at radius 1 is 1.85 bits per heavy atom. The fourth-order valence-electron chi connectivity index (χ4n) is 1.31. The van der Waals surface area contributed by atoms with Gasteiger partial charge in [0.1, 0.15) is 0 Å². The van der Waals surface area contributed by atoms with Crippen molar-refractivity contribution in [3.05, 3.63) is 0 Å². The molecule has 13 heavy (non-hydrogen) atoms. The Morgan fingerprint density at radius 2 is 2.54 bits per heavy atom. The number of likely N-dealkylation sites (tertiary alicyclic amines) is 1. The lowest BCUT2D eigenvalue weighted by molar-refractivity contribution is -0.137. The van der Waals surface area contributed by atoms with Crippen LogP contribution in [0.2, 0.25) is 0 Å². The molecule has 0 spiro atoms. The normalized spacial score (nSPS) is 22.3. The summed E-state index contributed by atoms with van der Waals surface area (Å²) in [5.74, 6) is 0.247. The number of amidine groups is 1. The minimum atomic E-state index is -0.900. The molecule has 1 fully saturated rings. The van der Waals surface area contributed by atoms with E-state index in [1.54, 1.807) is 0 Å². The van der Waals surface area contributed by atoms with Crippen molar-refractivity contribution in [1.82, 2.24) is 4.90 Å². The van der Waals surface area contributed by atoms with Gasteiger partial charge in [-0.3, -0.25) is 4.99 Å². The Hall–Kier alpha value is -0.710. The highest BCUT2D eigenvalue weighted by molar-refractivity contribution is 7.80. The van der Waals surface area contributed by atoms with Gasteiger partial charge in [0.25, 0.3) is 0 Å². The van der Waals surface area contributed by atoms with Gasteiger partial charge in [-0.25, -0.2) is 4.79 Å². The second-order valence-electron chi connectivity index (χ2n) is 3.11. The standard InChI is InChI=1S/C8H14N2O2S/c1-10-4-2-3-7(10)9-6(5-13)8(11)12/h6,13H,2-5H2,1H3,(H,11,12). The molecule has 1 aliphatic rings. The van der Waals surface area contributed by atoms with Crippen LogP contribution in [-0.2, 0) is 4.79 Å². The highest BCUT2D eigenvalue weighted by Crippen LogP contribution is 2.10. The molecule has 1 unspecified atom stereocenters. The third-order valence-corrected chi connectivity index (χ3v) is 2.44. The smallest absolute Gasteiger partial charge is 0.329 e. The number of aliphatic imine (C=N–C) groups is 1. The SMILES string of the molecule is CN1CCCC1=NC(CS)C(=O)O. The minimum absolute atomic E-state index is 0.257. The van der Waals surface area contributed by atoms with Gasteiger partial charge in [-0.15, -0.1) is 0 Å². The van der Waals surface area contributed by atoms with Crippen LogP contribution in [-0.4, -0.2) is 47.2 Å². The van der Waals surface area contributed by atoms with E-state index in [9.17, 15) is 4.79 Å². The van der Waals surface area contributed by atoms with Crippen LogP contribution in [0.25, 0.3) is 0 Å². The summed E-state index contributed by atoms with van der Waals surface area (Å²) in [7, 11) is 1.93. The van der Waals surface area contributed by atoms with Crippen molar-refractivity contribution in [2.45, 2.75) is 18.9 Å². The van der Waals surface area contributed by atoms with Gasteiger partial charge in [0, 0.05) is 25.8 Å². The van der Waals surface area contributed by atoms with Crippen molar-refractivity contribution < 1.29 is 9.90 Å². The first-order valence-corrected chi connectivity index (χ1v) is 4.90. The summed E-state index contributed by atoms with van der Waals surface area (Å²) in [6.07, 6.45) is 1.95. The van der Waals surface area contributed by atoms with Crippen LogP contribution >= 0.6 is 12.6 Å². The third-order valence-electron chi connectivity index (χ3n) is 2.10. The molecule has 5 heteroatoms. The number of carboxylic acids is 1. The molecule has 0 bridgehead atoms. The quantitative estimate of drug-likeness (QED) is 0.655. The van der Waals surface area contributed by atoms with E-state index in [0.29, 0.717) is 0 Å². The molecule has 0 amide bonds. The van der Waals surface area contributed by atoms with Crippen LogP contribution in [0.1, 0.15) is 12.8 Å². The van der Waals surface area contributed by atoms with Gasteiger partial charge < -0.3 is 10.0 Å². The fraction of sp³-hybridized carbons (Fsp3) is 0.750. The molecule has 1 aliphatic heterocycles. The highest BCUT2D eigenvalue weighted by Gasteiger charge is 2.19. The average Bonchev–Trinajstić information content (AvgIpc) is 2.46. The van der Waals surface area contributed by atoms with Crippen LogP contribution in [0.15, 0.2) is 4.99 Å². The maximum atomic E-state index is 10.7. The molecular formula is C8H14N2O2S. The van der Waals surface area contributed by atoms with E-state index in [-0.39, 0.29) is 5.75 Å². The monoisotopic (exact) mass is 202 g/mol. The number of thiol groups is 1. The molecule has 0 aromatic carbocycles. The zero-order chi connectivity index (χ0) is 9.84. The Labute approximate surface area is 83.1 Å². The maximum Gasteiger partial charge on any atom is 0.329 e. The van der Waals surface area contributed by atoms with Crippen LogP contribution in [0.4, 0.5) is 0 Å². The van der Waals surface area contributed by atoms with E-state index >= 15 is 0 Å². The van der Waals surface area contributed by atoms with E-state index in [2.05, 4.69) is 17.6 Å². The van der Waals surface area contributed by atoms with Crippen molar-refractivity contribution in [2.24, 2.45) is 4.99 Å². The molecule has 0 radical (unpaired) electrons. The number of carboxylic acid groups (broad SMARTS) is 1. The summed E-state index contributed by atoms with van der Waals surface area (Å²) in [6.45, 7) is 0.970. The van der Waals surface area contributed by atoms with Crippen LogP contribution in [0.5, 0.6) is 0 Å². The lowest BCUT2D eigenvalue weighted by Crippen LogP contribution is -2.26. The zero-order valence-corrected chi connectivity index (χ0v) is 8.50. The summed E-state index contributed by atoms with van der Waals surface area (Å²) in [5, 5.41) is 8.75. The summed E-state index contributed by atoms with van der Waals surface area (Å²) in [4.78, 5) is 16.8. The largest absolute Gasteiger partial charge is 0.480 e. The number of carbonyl (C=O) groups is 1. The maximum absolute atomic E-state index is 10.7. The lowest BCUT2D eigenvalue weighted by atomic mass is 10.3. The van der Waals surface area contributed by atoms with Gasteiger partial charge in [0.2, 0.25) is 0 Å². The van der Waals surface area contributed by atoms with Crippen LogP contribution < -0.4 is 0 Å². The summed E-state index contributed by atoms with van der Waals surface area (Å²) in [6, 6.07) is -0.695. The average molecular weight is 202 g/mol. The summed E-state index contributed by atoms with van der Waals surface area (Å²) >= 11 is 3.95. The highest BCUT2D eigenvalue weighted by atomic mass is 32.1. The summed E-state index contributed by atoms with van der Waals surface area (Å²) in [5.41, 5.74) is 0. The van der Waals surface area contributed by atoms with E-state index < -0.39 is 12.0 Å². The molecule has 1 saturated heterocycles. The van der Waals surface area contributed by atoms with E-state index in [1.165, 1.54) is 0 Å². The number of hydrogen-bond acceptors (Lipinski definition) is 3. The lowest BCUT2D eigenvalue weighted by Gasteiger charge is -2.13. The van der Waals surface area contributed by atoms with Crippen molar-refractivity contribution in [2.75, 3.05) is 19.3 Å². The van der Waals surface area contributed by atoms with Gasteiger partial charge in [-0.05, 0) is 6.42 Å². The van der Waals surface area contributed by atoms with Crippen LogP contribution in [0, 0.1) is 0 Å². The van der Waals surface area contributed by atoms with Gasteiger partial charge >= 0.3 is 5.97 Å². The van der Waals surface area contributed by atoms with Crippen molar-refractivity contribution >= 4 is 24.4 Å². The van der Waals surface area contributed by atoms with E-state index in [1.807, 2.05) is 11.9 Å². The number of hydrogen-bond donors (Lipinski definition) is 2. The van der Waals surface area contributed by atoms with Gasteiger partial charge in [-0.2, -0.15) is 12.6 Å². The number of aliphatic carboxylic acids is 1. The molecule has 1 atom stereocenters. The first-order valence-electron chi connectivity index (χ1n) is 4.26. The predicted octanol–water partition coefficient (Wildman–Crippen LogP) is 0.494.